The number of aliphatic imine (C=N–C) groups is 1. The van der Waals surface area contributed by atoms with Gasteiger partial charge < -0.3 is 10.5 Å². The van der Waals surface area contributed by atoms with Gasteiger partial charge in [0, 0.05) is 36.0 Å². The number of hydrogen-bond donors (Lipinski definition) is 1. The van der Waals surface area contributed by atoms with Crippen molar-refractivity contribution in [3.05, 3.63) is 40.0 Å². The smallest absolute Gasteiger partial charge is 0.165 e. The van der Waals surface area contributed by atoms with E-state index in [0.717, 1.165) is 23.3 Å². The number of sulfone groups is 1. The quantitative estimate of drug-likeness (QED) is 0.691. The highest BCUT2D eigenvalue weighted by atomic mass is 35.5. The van der Waals surface area contributed by atoms with Gasteiger partial charge in [0.15, 0.2) is 9.84 Å². The molecule has 0 amide bonds. The van der Waals surface area contributed by atoms with Crippen molar-refractivity contribution in [3.63, 3.8) is 0 Å². The highest BCUT2D eigenvalue weighted by Gasteiger charge is 2.53. The van der Waals surface area contributed by atoms with Gasteiger partial charge in [-0.15, -0.1) is 11.3 Å². The van der Waals surface area contributed by atoms with Crippen molar-refractivity contribution in [3.8, 4) is 16.5 Å². The number of nitrogens with two attached hydrogens (primary N) is 1. The Hall–Kier alpha value is -1.99. The lowest BCUT2D eigenvalue weighted by atomic mass is 9.88. The Labute approximate surface area is 197 Å². The fraction of sp³-hybridized carbons (Fsp3) is 0.500. The van der Waals surface area contributed by atoms with Gasteiger partial charge in [0.2, 0.25) is 0 Å². The second-order valence-corrected chi connectivity index (χ2v) is 12.8. The van der Waals surface area contributed by atoms with Gasteiger partial charge in [-0.05, 0) is 51.2 Å². The van der Waals surface area contributed by atoms with E-state index in [1.807, 2.05) is 0 Å². The topological polar surface area (TPSA) is 118 Å². The van der Waals surface area contributed by atoms with Crippen molar-refractivity contribution in [1.82, 2.24) is 4.98 Å². The number of thiophene rings is 1. The number of ether oxygens (including phenoxy) is 1. The lowest BCUT2D eigenvalue weighted by molar-refractivity contribution is 0.0625. The van der Waals surface area contributed by atoms with Crippen molar-refractivity contribution < 1.29 is 13.2 Å². The molecule has 2 atom stereocenters. The second-order valence-electron chi connectivity index (χ2n) is 8.88. The molecule has 2 aromatic rings. The summed E-state index contributed by atoms with van der Waals surface area (Å²) in [4.78, 5) is 10.3. The van der Waals surface area contributed by atoms with E-state index < -0.39 is 20.1 Å². The van der Waals surface area contributed by atoms with Crippen molar-refractivity contribution in [2.75, 3.05) is 19.0 Å². The van der Waals surface area contributed by atoms with Crippen LogP contribution >= 0.6 is 22.9 Å². The Morgan fingerprint density at radius 1 is 1.31 bits per heavy atom. The van der Waals surface area contributed by atoms with Crippen LogP contribution < -0.4 is 5.73 Å². The fourth-order valence-corrected chi connectivity index (χ4v) is 8.29. The van der Waals surface area contributed by atoms with Crippen molar-refractivity contribution in [1.29, 1.82) is 5.26 Å². The van der Waals surface area contributed by atoms with Gasteiger partial charge in [0.1, 0.15) is 22.2 Å². The molecule has 0 bridgehead atoms. The molecule has 0 aliphatic carbocycles. The van der Waals surface area contributed by atoms with Gasteiger partial charge in [0.25, 0.3) is 0 Å². The summed E-state index contributed by atoms with van der Waals surface area (Å²) in [6, 6.07) is 5.56. The molecule has 2 aromatic heterocycles. The molecule has 2 aliphatic heterocycles. The maximum atomic E-state index is 13.6. The summed E-state index contributed by atoms with van der Waals surface area (Å²) in [5.74, 6) is 0.201. The number of hydrogen-bond acceptors (Lipinski definition) is 8. The third kappa shape index (κ3) is 4.05. The molecule has 0 radical (unpaired) electrons. The zero-order chi connectivity index (χ0) is 23.1. The Balaban J connectivity index is 1.71. The third-order valence-corrected chi connectivity index (χ3v) is 11.0. The number of halogens is 1. The minimum absolute atomic E-state index is 0.136. The van der Waals surface area contributed by atoms with Crippen LogP contribution in [0.25, 0.3) is 10.4 Å². The van der Waals surface area contributed by atoms with E-state index >= 15 is 0 Å². The lowest BCUT2D eigenvalue weighted by Crippen LogP contribution is -2.57. The first-order valence-corrected chi connectivity index (χ1v) is 13.2. The zero-order valence-electron chi connectivity index (χ0n) is 18.0. The van der Waals surface area contributed by atoms with Gasteiger partial charge in [-0.25, -0.2) is 8.42 Å². The van der Waals surface area contributed by atoms with Crippen LogP contribution in [0.2, 0.25) is 5.02 Å². The van der Waals surface area contributed by atoms with Crippen LogP contribution in [-0.2, 0) is 20.1 Å². The van der Waals surface area contributed by atoms with Crippen LogP contribution in [0.1, 0.15) is 43.6 Å². The van der Waals surface area contributed by atoms with Crippen LogP contribution in [0.3, 0.4) is 0 Å². The van der Waals surface area contributed by atoms with Crippen molar-refractivity contribution in [2.24, 2.45) is 16.6 Å². The highest BCUT2D eigenvalue weighted by molar-refractivity contribution is 7.93. The minimum atomic E-state index is -3.61. The molecule has 2 N–H and O–H groups in total. The fourth-order valence-electron chi connectivity index (χ4n) is 4.47. The first-order chi connectivity index (χ1) is 15.1. The molecule has 1 saturated heterocycles. The number of nitriles is 1. The van der Waals surface area contributed by atoms with E-state index in [0.29, 0.717) is 35.1 Å². The number of nitrogens with zero attached hydrogens (tertiary/aromatic N) is 3. The Morgan fingerprint density at radius 3 is 2.69 bits per heavy atom. The maximum absolute atomic E-state index is 13.6. The summed E-state index contributed by atoms with van der Waals surface area (Å²) in [7, 11) is -3.61. The average molecular weight is 493 g/mol. The Kier molecular flexibility index (Phi) is 6.09. The predicted molar refractivity (Wildman–Crippen MR) is 127 cm³/mol. The largest absolute Gasteiger partial charge is 0.386 e. The van der Waals surface area contributed by atoms with Gasteiger partial charge in [-0.3, -0.25) is 9.98 Å². The van der Waals surface area contributed by atoms with Crippen LogP contribution in [-0.4, -0.2) is 43.0 Å². The molecule has 4 rings (SSSR count). The summed E-state index contributed by atoms with van der Waals surface area (Å²) in [5, 5.41) is 9.57. The van der Waals surface area contributed by atoms with Gasteiger partial charge in [0.05, 0.1) is 21.2 Å². The van der Waals surface area contributed by atoms with Crippen LogP contribution in [0.15, 0.2) is 29.5 Å². The van der Waals surface area contributed by atoms with Gasteiger partial charge in [-0.1, -0.05) is 11.6 Å². The molecule has 1 fully saturated rings. The lowest BCUT2D eigenvalue weighted by Gasteiger charge is -2.41. The molecule has 4 heterocycles. The average Bonchev–Trinajstić information content (AvgIpc) is 3.15. The van der Waals surface area contributed by atoms with E-state index in [4.69, 9.17) is 32.3 Å². The minimum Gasteiger partial charge on any atom is -0.386 e. The van der Waals surface area contributed by atoms with E-state index in [2.05, 4.69) is 11.1 Å². The SMILES string of the molecule is CC1(c2sc(-c3cncc(C#N)c3)cc2Cl)CS(=O)(=O)C(C)(CC2CCOCC2)C(N)=N1. The molecular weight excluding hydrogens is 468 g/mol. The van der Waals surface area contributed by atoms with Crippen LogP contribution in [0, 0.1) is 17.2 Å². The Bertz CT molecular complexity index is 1210. The summed E-state index contributed by atoms with van der Waals surface area (Å²) >= 11 is 7.92. The van der Waals surface area contributed by atoms with E-state index in [9.17, 15) is 8.42 Å². The van der Waals surface area contributed by atoms with Crippen LogP contribution in [0.5, 0.6) is 0 Å². The predicted octanol–water partition coefficient (Wildman–Crippen LogP) is 3.91. The molecule has 170 valence electrons. The zero-order valence-corrected chi connectivity index (χ0v) is 20.4. The monoisotopic (exact) mass is 492 g/mol. The molecule has 7 nitrogen and oxygen atoms in total. The number of aromatic nitrogens is 1. The molecule has 10 heteroatoms. The summed E-state index contributed by atoms with van der Waals surface area (Å²) in [5.41, 5.74) is 6.47. The van der Waals surface area contributed by atoms with E-state index in [-0.39, 0.29) is 17.5 Å². The Morgan fingerprint density at radius 2 is 2.03 bits per heavy atom. The number of amidine groups is 1. The highest BCUT2D eigenvalue weighted by Crippen LogP contribution is 2.47. The van der Waals surface area contributed by atoms with Gasteiger partial charge >= 0.3 is 0 Å². The first kappa shape index (κ1) is 23.2. The third-order valence-electron chi connectivity index (χ3n) is 6.41. The molecule has 0 saturated carbocycles. The molecule has 2 unspecified atom stereocenters. The summed E-state index contributed by atoms with van der Waals surface area (Å²) in [6.07, 6.45) is 5.23. The van der Waals surface area contributed by atoms with Crippen molar-refractivity contribution in [2.45, 2.75) is 43.4 Å². The first-order valence-electron chi connectivity index (χ1n) is 10.4. The van der Waals surface area contributed by atoms with Crippen molar-refractivity contribution >= 4 is 38.6 Å². The van der Waals surface area contributed by atoms with E-state index in [1.54, 1.807) is 32.2 Å². The number of pyridine rings is 1. The number of rotatable bonds is 4. The standard InChI is InChI=1S/C22H25ClN4O3S2/c1-21(19-17(23)8-18(31-19)16-7-15(10-24)11-26-12-16)13-32(28,29)22(2,20(25)27-21)9-14-3-5-30-6-4-14/h7-8,11-12,14H,3-6,9,13H2,1-2H3,(H2,25,27). The van der Waals surface area contributed by atoms with Crippen LogP contribution in [0.4, 0.5) is 0 Å². The summed E-state index contributed by atoms with van der Waals surface area (Å²) in [6.45, 7) is 4.74. The second kappa shape index (κ2) is 8.41. The normalized spacial score (nSPS) is 28.1. The molecular formula is C22H25ClN4O3S2. The molecule has 0 spiro atoms. The maximum Gasteiger partial charge on any atom is 0.165 e. The molecule has 2 aliphatic rings. The van der Waals surface area contributed by atoms with E-state index in [1.165, 1.54) is 17.5 Å². The summed E-state index contributed by atoms with van der Waals surface area (Å²) < 4.78 is 31.4. The molecule has 32 heavy (non-hydrogen) atoms. The van der Waals surface area contributed by atoms with Gasteiger partial charge in [-0.2, -0.15) is 5.26 Å². The molecule has 0 aromatic carbocycles.